The molecule has 5 nitrogen and oxygen atoms in total. The molecule has 1 saturated heterocycles. The van der Waals surface area contributed by atoms with Crippen molar-refractivity contribution in [2.45, 2.75) is 26.7 Å². The average Bonchev–Trinajstić information content (AvgIpc) is 2.16. The Labute approximate surface area is 96.5 Å². The maximum Gasteiger partial charge on any atom is 0.307 e. The molecule has 0 aliphatic carbocycles. The summed E-state index contributed by atoms with van der Waals surface area (Å²) in [4.78, 5) is 10.8. The third-order valence-electron chi connectivity index (χ3n) is 2.67. The summed E-state index contributed by atoms with van der Waals surface area (Å²) in [6, 6.07) is 0. The van der Waals surface area contributed by atoms with Crippen molar-refractivity contribution in [1.82, 2.24) is 4.31 Å². The van der Waals surface area contributed by atoms with Gasteiger partial charge in [0.05, 0.1) is 11.7 Å². The van der Waals surface area contributed by atoms with Crippen LogP contribution in [-0.4, -0.2) is 42.6 Å². The van der Waals surface area contributed by atoms with Crippen LogP contribution in [0.4, 0.5) is 0 Å². The van der Waals surface area contributed by atoms with Gasteiger partial charge in [-0.2, -0.15) is 0 Å². The third kappa shape index (κ3) is 3.45. The Balaban J connectivity index is 2.70. The van der Waals surface area contributed by atoms with Gasteiger partial charge in [-0.3, -0.25) is 4.79 Å². The summed E-state index contributed by atoms with van der Waals surface area (Å²) < 4.78 is 25.1. The van der Waals surface area contributed by atoms with Gasteiger partial charge >= 0.3 is 5.97 Å². The van der Waals surface area contributed by atoms with Crippen LogP contribution in [0.1, 0.15) is 26.7 Å². The molecule has 1 aliphatic rings. The molecular formula is C10H19NO4S. The van der Waals surface area contributed by atoms with Gasteiger partial charge in [-0.25, -0.2) is 12.7 Å². The van der Waals surface area contributed by atoms with E-state index in [0.29, 0.717) is 19.4 Å². The Morgan fingerprint density at radius 1 is 1.50 bits per heavy atom. The molecule has 0 aromatic rings. The minimum atomic E-state index is -3.28. The van der Waals surface area contributed by atoms with Gasteiger partial charge < -0.3 is 5.11 Å². The molecular weight excluding hydrogens is 230 g/mol. The lowest BCUT2D eigenvalue weighted by Gasteiger charge is -2.30. The number of nitrogens with zero attached hydrogens (tertiary/aromatic N) is 1. The van der Waals surface area contributed by atoms with E-state index >= 15 is 0 Å². The second-order valence-corrected chi connectivity index (χ2v) is 6.72. The molecule has 16 heavy (non-hydrogen) atoms. The lowest BCUT2D eigenvalue weighted by Crippen LogP contribution is -2.43. The van der Waals surface area contributed by atoms with Crippen molar-refractivity contribution in [3.05, 3.63) is 0 Å². The fraction of sp³-hybridized carbons (Fsp3) is 0.900. The molecule has 0 bridgehead atoms. The predicted octanol–water partition coefficient (Wildman–Crippen LogP) is 0.769. The van der Waals surface area contributed by atoms with Gasteiger partial charge in [-0.05, 0) is 18.8 Å². The second kappa shape index (κ2) is 5.14. The molecule has 0 radical (unpaired) electrons. The smallest absolute Gasteiger partial charge is 0.307 e. The van der Waals surface area contributed by atoms with E-state index in [1.165, 1.54) is 4.31 Å². The summed E-state index contributed by atoms with van der Waals surface area (Å²) in [5.41, 5.74) is 0. The minimum absolute atomic E-state index is 0.0650. The molecule has 1 N–H and O–H groups in total. The van der Waals surface area contributed by atoms with Crippen molar-refractivity contribution in [3.8, 4) is 0 Å². The number of hydrogen-bond donors (Lipinski definition) is 1. The van der Waals surface area contributed by atoms with Crippen LogP contribution >= 0.6 is 0 Å². The first-order valence-corrected chi connectivity index (χ1v) is 7.14. The molecule has 1 unspecified atom stereocenters. The zero-order valence-electron chi connectivity index (χ0n) is 9.72. The Kier molecular flexibility index (Phi) is 4.32. The van der Waals surface area contributed by atoms with E-state index in [0.717, 1.165) is 0 Å². The van der Waals surface area contributed by atoms with Gasteiger partial charge in [-0.15, -0.1) is 0 Å². The third-order valence-corrected chi connectivity index (χ3v) is 4.88. The monoisotopic (exact) mass is 249 g/mol. The van der Waals surface area contributed by atoms with E-state index in [1.54, 1.807) is 0 Å². The number of carboxylic acid groups (broad SMARTS) is 1. The molecule has 1 heterocycles. The highest BCUT2D eigenvalue weighted by molar-refractivity contribution is 7.89. The summed E-state index contributed by atoms with van der Waals surface area (Å²) in [5.74, 6) is -1.28. The van der Waals surface area contributed by atoms with E-state index in [9.17, 15) is 13.2 Å². The van der Waals surface area contributed by atoms with Crippen LogP contribution in [0, 0.1) is 11.8 Å². The zero-order valence-corrected chi connectivity index (χ0v) is 10.5. The molecule has 0 amide bonds. The quantitative estimate of drug-likeness (QED) is 0.798. The molecule has 0 spiro atoms. The molecule has 0 aromatic heterocycles. The van der Waals surface area contributed by atoms with Crippen molar-refractivity contribution in [1.29, 1.82) is 0 Å². The molecule has 0 saturated carbocycles. The lowest BCUT2D eigenvalue weighted by atomic mass is 10.0. The first-order valence-electron chi connectivity index (χ1n) is 5.53. The van der Waals surface area contributed by atoms with Gasteiger partial charge in [0.25, 0.3) is 0 Å². The first-order chi connectivity index (χ1) is 7.33. The van der Waals surface area contributed by atoms with Crippen molar-refractivity contribution < 1.29 is 18.3 Å². The van der Waals surface area contributed by atoms with Gasteiger partial charge in [0, 0.05) is 13.1 Å². The van der Waals surface area contributed by atoms with E-state index < -0.39 is 21.9 Å². The molecule has 6 heteroatoms. The highest BCUT2D eigenvalue weighted by Gasteiger charge is 2.32. The highest BCUT2D eigenvalue weighted by atomic mass is 32.2. The normalized spacial score (nSPS) is 23.6. The number of aliphatic carboxylic acids is 1. The molecule has 94 valence electrons. The van der Waals surface area contributed by atoms with Crippen molar-refractivity contribution in [2.24, 2.45) is 11.8 Å². The first kappa shape index (κ1) is 13.4. The van der Waals surface area contributed by atoms with Crippen LogP contribution in [0.15, 0.2) is 0 Å². The Morgan fingerprint density at radius 3 is 2.62 bits per heavy atom. The fourth-order valence-electron chi connectivity index (χ4n) is 1.92. The number of carbonyl (C=O) groups is 1. The van der Waals surface area contributed by atoms with Crippen LogP contribution in [0.5, 0.6) is 0 Å². The van der Waals surface area contributed by atoms with Crippen molar-refractivity contribution >= 4 is 16.0 Å². The lowest BCUT2D eigenvalue weighted by molar-refractivity contribution is -0.142. The summed E-state index contributed by atoms with van der Waals surface area (Å²) >= 11 is 0. The Bertz CT molecular complexity index is 350. The van der Waals surface area contributed by atoms with E-state index in [-0.39, 0.29) is 18.2 Å². The molecule has 1 atom stereocenters. The van der Waals surface area contributed by atoms with Gasteiger partial charge in [0.15, 0.2) is 0 Å². The van der Waals surface area contributed by atoms with E-state index in [1.807, 2.05) is 13.8 Å². The zero-order chi connectivity index (χ0) is 12.3. The Morgan fingerprint density at radius 2 is 2.12 bits per heavy atom. The molecule has 1 rings (SSSR count). The maximum atomic E-state index is 11.9. The second-order valence-electron chi connectivity index (χ2n) is 4.71. The van der Waals surface area contributed by atoms with Crippen molar-refractivity contribution in [2.75, 3.05) is 18.8 Å². The number of rotatable bonds is 4. The largest absolute Gasteiger partial charge is 0.481 e. The van der Waals surface area contributed by atoms with Crippen LogP contribution in [0.3, 0.4) is 0 Å². The van der Waals surface area contributed by atoms with Crippen molar-refractivity contribution in [3.63, 3.8) is 0 Å². The summed E-state index contributed by atoms with van der Waals surface area (Å²) in [7, 11) is -3.28. The number of hydrogen-bond acceptors (Lipinski definition) is 3. The van der Waals surface area contributed by atoms with Gasteiger partial charge in [-0.1, -0.05) is 13.8 Å². The number of carboxylic acids is 1. The molecule has 1 aliphatic heterocycles. The maximum absolute atomic E-state index is 11.9. The summed E-state index contributed by atoms with van der Waals surface area (Å²) in [5, 5.41) is 8.88. The fourth-order valence-corrected chi connectivity index (χ4v) is 3.79. The topological polar surface area (TPSA) is 74.7 Å². The summed E-state index contributed by atoms with van der Waals surface area (Å²) in [6.07, 6.45) is 1.21. The van der Waals surface area contributed by atoms with Gasteiger partial charge in [0.1, 0.15) is 0 Å². The summed E-state index contributed by atoms with van der Waals surface area (Å²) in [6.45, 7) is 4.27. The minimum Gasteiger partial charge on any atom is -0.481 e. The van der Waals surface area contributed by atoms with Crippen LogP contribution < -0.4 is 0 Å². The standard InChI is InChI=1S/C10H19NO4S/c1-8(2)7-16(14,15)11-5-3-4-9(6-11)10(12)13/h8-9H,3-7H2,1-2H3,(H,12,13). The van der Waals surface area contributed by atoms with E-state index in [2.05, 4.69) is 0 Å². The number of sulfonamides is 1. The number of piperidine rings is 1. The van der Waals surface area contributed by atoms with E-state index in [4.69, 9.17) is 5.11 Å². The molecule has 0 aromatic carbocycles. The van der Waals surface area contributed by atoms with Crippen LogP contribution in [0.25, 0.3) is 0 Å². The predicted molar refractivity (Wildman–Crippen MR) is 60.6 cm³/mol. The Hall–Kier alpha value is -0.620. The van der Waals surface area contributed by atoms with Gasteiger partial charge in [0.2, 0.25) is 10.0 Å². The molecule has 1 fully saturated rings. The SMILES string of the molecule is CC(C)CS(=O)(=O)N1CCCC(C(=O)O)C1. The highest BCUT2D eigenvalue weighted by Crippen LogP contribution is 2.20. The van der Waals surface area contributed by atoms with Crippen LogP contribution in [0.2, 0.25) is 0 Å². The average molecular weight is 249 g/mol. The van der Waals surface area contributed by atoms with Crippen LogP contribution in [-0.2, 0) is 14.8 Å².